The Labute approximate surface area is 154 Å². The number of aromatic nitrogens is 3. The Kier molecular flexibility index (Phi) is 4.06. The normalized spacial score (nSPS) is 14.3. The third-order valence-corrected chi connectivity index (χ3v) is 4.70. The van der Waals surface area contributed by atoms with Crippen LogP contribution in [0.3, 0.4) is 0 Å². The molecule has 0 bridgehead atoms. The summed E-state index contributed by atoms with van der Waals surface area (Å²) >= 11 is 0. The van der Waals surface area contributed by atoms with Crippen LogP contribution in [0.1, 0.15) is 12.8 Å². The summed E-state index contributed by atoms with van der Waals surface area (Å²) in [5, 5.41) is 6.93. The first kappa shape index (κ1) is 17.4. The quantitative estimate of drug-likeness (QED) is 0.696. The lowest BCUT2D eigenvalue weighted by atomic mass is 10.1. The van der Waals surface area contributed by atoms with Gasteiger partial charge in [-0.15, -0.1) is 5.10 Å². The second kappa shape index (κ2) is 6.31. The number of anilines is 2. The standard InChI is InChI=1S/C17H16FN5O3S/c1-27(25,26)22-11-7-8-12(13(18)9-11)14-3-2-4-15-19-17(21-23(14)15)20-16(24)10-5-6-10/h2-4,7-10,22H,5-6H2,1H3,(H,20,21,24). The summed E-state index contributed by atoms with van der Waals surface area (Å²) in [6.07, 6.45) is 2.72. The van der Waals surface area contributed by atoms with Gasteiger partial charge in [-0.05, 0) is 43.2 Å². The highest BCUT2D eigenvalue weighted by Crippen LogP contribution is 2.30. The average molecular weight is 389 g/mol. The molecule has 0 aliphatic heterocycles. The molecule has 1 fully saturated rings. The minimum Gasteiger partial charge on any atom is -0.293 e. The van der Waals surface area contributed by atoms with Gasteiger partial charge in [0, 0.05) is 11.5 Å². The molecule has 27 heavy (non-hydrogen) atoms. The van der Waals surface area contributed by atoms with Gasteiger partial charge in [-0.3, -0.25) is 14.8 Å². The predicted octanol–water partition coefficient (Wildman–Crippen LogP) is 2.26. The van der Waals surface area contributed by atoms with E-state index in [0.717, 1.165) is 25.2 Å². The largest absolute Gasteiger partial charge is 0.293 e. The first-order chi connectivity index (χ1) is 12.8. The van der Waals surface area contributed by atoms with Gasteiger partial charge in [-0.2, -0.15) is 4.98 Å². The SMILES string of the molecule is CS(=O)(=O)Nc1ccc(-c2cccc3nc(NC(=O)C4CC4)nn23)c(F)c1. The fraction of sp³-hybridized carbons (Fsp3) is 0.235. The fourth-order valence-corrected chi connectivity index (χ4v) is 3.28. The number of sulfonamides is 1. The molecular formula is C17H16FN5O3S. The van der Waals surface area contributed by atoms with Crippen LogP contribution in [0.2, 0.25) is 0 Å². The number of carbonyl (C=O) groups is 1. The number of nitrogens with zero attached hydrogens (tertiary/aromatic N) is 3. The van der Waals surface area contributed by atoms with E-state index in [1.807, 2.05) is 0 Å². The van der Waals surface area contributed by atoms with E-state index in [0.29, 0.717) is 11.3 Å². The molecule has 4 rings (SSSR count). The molecule has 2 heterocycles. The minimum atomic E-state index is -3.50. The molecule has 0 saturated heterocycles. The van der Waals surface area contributed by atoms with Gasteiger partial charge in [0.2, 0.25) is 21.9 Å². The maximum atomic E-state index is 14.6. The predicted molar refractivity (Wildman–Crippen MR) is 98.2 cm³/mol. The van der Waals surface area contributed by atoms with Crippen molar-refractivity contribution in [3.05, 3.63) is 42.2 Å². The van der Waals surface area contributed by atoms with Gasteiger partial charge in [-0.25, -0.2) is 17.3 Å². The van der Waals surface area contributed by atoms with Crippen LogP contribution in [0.25, 0.3) is 16.9 Å². The maximum Gasteiger partial charge on any atom is 0.249 e. The Morgan fingerprint density at radius 2 is 2.04 bits per heavy atom. The number of carbonyl (C=O) groups excluding carboxylic acids is 1. The maximum absolute atomic E-state index is 14.6. The highest BCUT2D eigenvalue weighted by molar-refractivity contribution is 7.92. The molecule has 2 aromatic heterocycles. The average Bonchev–Trinajstić information content (AvgIpc) is 3.34. The highest BCUT2D eigenvalue weighted by atomic mass is 32.2. The molecule has 1 saturated carbocycles. The van der Waals surface area contributed by atoms with Crippen LogP contribution in [0, 0.1) is 11.7 Å². The molecule has 1 aromatic carbocycles. The number of hydrogen-bond donors (Lipinski definition) is 2. The Bertz CT molecular complexity index is 1150. The van der Waals surface area contributed by atoms with Crippen LogP contribution in [0.5, 0.6) is 0 Å². The summed E-state index contributed by atoms with van der Waals surface area (Å²) in [5.41, 5.74) is 1.23. The topological polar surface area (TPSA) is 105 Å². The van der Waals surface area contributed by atoms with Crippen molar-refractivity contribution in [2.45, 2.75) is 12.8 Å². The van der Waals surface area contributed by atoms with E-state index in [9.17, 15) is 17.6 Å². The van der Waals surface area contributed by atoms with Crippen molar-refractivity contribution in [3.63, 3.8) is 0 Å². The molecule has 3 aromatic rings. The molecule has 0 radical (unpaired) electrons. The Morgan fingerprint density at radius 3 is 2.70 bits per heavy atom. The number of rotatable bonds is 5. The molecule has 1 amide bonds. The van der Waals surface area contributed by atoms with Crippen molar-refractivity contribution in [2.75, 3.05) is 16.3 Å². The zero-order chi connectivity index (χ0) is 19.2. The van der Waals surface area contributed by atoms with Gasteiger partial charge in [0.1, 0.15) is 5.82 Å². The Morgan fingerprint density at radius 1 is 1.26 bits per heavy atom. The Hall–Kier alpha value is -3.01. The summed E-state index contributed by atoms with van der Waals surface area (Å²) in [6.45, 7) is 0. The van der Waals surface area contributed by atoms with E-state index in [4.69, 9.17) is 0 Å². The molecule has 1 aliphatic carbocycles. The van der Waals surface area contributed by atoms with Crippen LogP contribution in [-0.4, -0.2) is 35.2 Å². The third-order valence-electron chi connectivity index (χ3n) is 4.09. The van der Waals surface area contributed by atoms with Crippen LogP contribution >= 0.6 is 0 Å². The zero-order valence-electron chi connectivity index (χ0n) is 14.3. The van der Waals surface area contributed by atoms with Crippen LogP contribution in [0.4, 0.5) is 16.0 Å². The molecule has 2 N–H and O–H groups in total. The van der Waals surface area contributed by atoms with Crippen molar-refractivity contribution in [3.8, 4) is 11.3 Å². The first-order valence-corrected chi connectivity index (χ1v) is 10.1. The number of hydrogen-bond acceptors (Lipinski definition) is 5. The van der Waals surface area contributed by atoms with E-state index in [1.165, 1.54) is 16.6 Å². The summed E-state index contributed by atoms with van der Waals surface area (Å²) in [5.74, 6) is -0.552. The summed E-state index contributed by atoms with van der Waals surface area (Å²) in [7, 11) is -3.50. The van der Waals surface area contributed by atoms with Crippen molar-refractivity contribution < 1.29 is 17.6 Å². The summed E-state index contributed by atoms with van der Waals surface area (Å²) in [6, 6.07) is 9.08. The van der Waals surface area contributed by atoms with Crippen molar-refractivity contribution in [2.24, 2.45) is 5.92 Å². The number of amides is 1. The zero-order valence-corrected chi connectivity index (χ0v) is 15.1. The van der Waals surface area contributed by atoms with Crippen molar-refractivity contribution in [1.29, 1.82) is 0 Å². The molecule has 140 valence electrons. The first-order valence-electron chi connectivity index (χ1n) is 8.24. The molecular weight excluding hydrogens is 373 g/mol. The second-order valence-electron chi connectivity index (χ2n) is 6.45. The van der Waals surface area contributed by atoms with E-state index in [-0.39, 0.29) is 29.0 Å². The van der Waals surface area contributed by atoms with Crippen molar-refractivity contribution in [1.82, 2.24) is 14.6 Å². The summed E-state index contributed by atoms with van der Waals surface area (Å²) < 4.78 is 40.9. The van der Waals surface area contributed by atoms with Gasteiger partial charge in [0.05, 0.1) is 17.6 Å². The number of fused-ring (bicyclic) bond motifs is 1. The van der Waals surface area contributed by atoms with Gasteiger partial charge >= 0.3 is 0 Å². The number of pyridine rings is 1. The van der Waals surface area contributed by atoms with Crippen molar-refractivity contribution >= 4 is 33.2 Å². The van der Waals surface area contributed by atoms with E-state index in [2.05, 4.69) is 20.1 Å². The van der Waals surface area contributed by atoms with Crippen LogP contribution < -0.4 is 10.0 Å². The van der Waals surface area contributed by atoms with E-state index in [1.54, 1.807) is 18.2 Å². The van der Waals surface area contributed by atoms with E-state index < -0.39 is 15.8 Å². The smallest absolute Gasteiger partial charge is 0.249 e. The monoisotopic (exact) mass is 389 g/mol. The molecule has 8 nitrogen and oxygen atoms in total. The molecule has 0 unspecified atom stereocenters. The van der Waals surface area contributed by atoms with E-state index >= 15 is 0 Å². The number of nitrogens with one attached hydrogen (secondary N) is 2. The van der Waals surface area contributed by atoms with Crippen LogP contribution in [-0.2, 0) is 14.8 Å². The number of benzene rings is 1. The molecule has 0 spiro atoms. The minimum absolute atomic E-state index is 0.0171. The number of halogens is 1. The molecule has 10 heteroatoms. The van der Waals surface area contributed by atoms with Crippen LogP contribution in [0.15, 0.2) is 36.4 Å². The fourth-order valence-electron chi connectivity index (χ4n) is 2.72. The lowest BCUT2D eigenvalue weighted by Crippen LogP contribution is -2.14. The van der Waals surface area contributed by atoms with Gasteiger partial charge < -0.3 is 0 Å². The molecule has 0 atom stereocenters. The summed E-state index contributed by atoms with van der Waals surface area (Å²) in [4.78, 5) is 16.1. The lowest BCUT2D eigenvalue weighted by Gasteiger charge is -2.08. The second-order valence-corrected chi connectivity index (χ2v) is 8.20. The molecule has 1 aliphatic rings. The third kappa shape index (κ3) is 3.75. The lowest BCUT2D eigenvalue weighted by molar-refractivity contribution is -0.117. The van der Waals surface area contributed by atoms with Gasteiger partial charge in [0.15, 0.2) is 5.65 Å². The van der Waals surface area contributed by atoms with Gasteiger partial charge in [0.25, 0.3) is 0 Å². The highest BCUT2D eigenvalue weighted by Gasteiger charge is 2.30. The van der Waals surface area contributed by atoms with Gasteiger partial charge in [-0.1, -0.05) is 6.07 Å². The Balaban J connectivity index is 1.70.